The number of hydrogen-bond donors (Lipinski definition) is 2. The number of hydrogen-bond acceptors (Lipinski definition) is 5. The molecule has 0 fully saturated rings. The van der Waals surface area contributed by atoms with Crippen LogP contribution in [0.4, 0.5) is 11.4 Å². The molecule has 0 atom stereocenters. The Morgan fingerprint density at radius 3 is 2.30 bits per heavy atom. The highest BCUT2D eigenvalue weighted by atomic mass is 16.5. The Balaban J connectivity index is 1.70. The van der Waals surface area contributed by atoms with Crippen LogP contribution in [0.15, 0.2) is 53.1 Å². The normalized spacial score (nSPS) is 10.3. The van der Waals surface area contributed by atoms with E-state index < -0.39 is 0 Å². The summed E-state index contributed by atoms with van der Waals surface area (Å²) in [7, 11) is 1.54. The van der Waals surface area contributed by atoms with Gasteiger partial charge in [0.25, 0.3) is 11.8 Å². The third-order valence-electron chi connectivity index (χ3n) is 4.02. The smallest absolute Gasteiger partial charge is 0.261 e. The molecule has 0 bridgehead atoms. The number of nitrogens with one attached hydrogen (secondary N) is 2. The molecule has 2 aromatic carbocycles. The van der Waals surface area contributed by atoms with Crippen molar-refractivity contribution in [1.82, 2.24) is 5.16 Å². The van der Waals surface area contributed by atoms with E-state index in [9.17, 15) is 9.59 Å². The van der Waals surface area contributed by atoms with Crippen molar-refractivity contribution in [3.05, 3.63) is 71.1 Å². The molecule has 2 N–H and O–H groups in total. The van der Waals surface area contributed by atoms with Gasteiger partial charge in [0, 0.05) is 11.3 Å². The maximum atomic E-state index is 12.4. The predicted molar refractivity (Wildman–Crippen MR) is 101 cm³/mol. The molecule has 3 rings (SSSR count). The zero-order valence-electron chi connectivity index (χ0n) is 15.2. The number of carbonyl (C=O) groups excluding carboxylic acids is 2. The number of nitrogens with zero attached hydrogens (tertiary/aromatic N) is 1. The number of ether oxygens (including phenoxy) is 1. The molecule has 0 saturated heterocycles. The molecule has 3 aromatic rings. The number of benzene rings is 2. The molecule has 0 aliphatic rings. The van der Waals surface area contributed by atoms with Crippen LogP contribution in [0.3, 0.4) is 0 Å². The minimum atomic E-state index is -0.308. The van der Waals surface area contributed by atoms with Crippen molar-refractivity contribution in [3.8, 4) is 5.75 Å². The van der Waals surface area contributed by atoms with Gasteiger partial charge in [-0.2, -0.15) is 0 Å². The van der Waals surface area contributed by atoms with Gasteiger partial charge in [-0.3, -0.25) is 9.59 Å². The lowest BCUT2D eigenvalue weighted by molar-refractivity contribution is 0.101. The van der Waals surface area contributed by atoms with Crippen molar-refractivity contribution in [3.63, 3.8) is 0 Å². The minimum Gasteiger partial charge on any atom is -0.495 e. The van der Waals surface area contributed by atoms with Crippen LogP contribution in [-0.4, -0.2) is 24.1 Å². The maximum absolute atomic E-state index is 12.4. The maximum Gasteiger partial charge on any atom is 0.261 e. The Morgan fingerprint density at radius 1 is 0.963 bits per heavy atom. The molecule has 7 nitrogen and oxygen atoms in total. The highest BCUT2D eigenvalue weighted by Gasteiger charge is 2.17. The molecule has 2 amide bonds. The highest BCUT2D eigenvalue weighted by Crippen LogP contribution is 2.24. The SMILES string of the molecule is COc1ccccc1NC(=O)c1ccc(NC(=O)c2c(C)noc2C)cc1. The topological polar surface area (TPSA) is 93.5 Å². The molecule has 7 heteroatoms. The molecule has 0 radical (unpaired) electrons. The average Bonchev–Trinajstić information content (AvgIpc) is 3.01. The number of amides is 2. The molecule has 27 heavy (non-hydrogen) atoms. The van der Waals surface area contributed by atoms with Gasteiger partial charge in [0.05, 0.1) is 18.5 Å². The summed E-state index contributed by atoms with van der Waals surface area (Å²) in [5, 5.41) is 9.34. The second-order valence-corrected chi connectivity index (χ2v) is 5.89. The number of carbonyl (C=O) groups is 2. The van der Waals surface area contributed by atoms with E-state index in [0.29, 0.717) is 39.7 Å². The van der Waals surface area contributed by atoms with E-state index in [2.05, 4.69) is 15.8 Å². The number of anilines is 2. The van der Waals surface area contributed by atoms with Gasteiger partial charge in [-0.15, -0.1) is 0 Å². The van der Waals surface area contributed by atoms with Crippen LogP contribution in [0.5, 0.6) is 5.75 Å². The van der Waals surface area contributed by atoms with Crippen molar-refractivity contribution in [1.29, 1.82) is 0 Å². The van der Waals surface area contributed by atoms with E-state index in [1.54, 1.807) is 57.4 Å². The number of aromatic nitrogens is 1. The molecule has 0 unspecified atom stereocenters. The number of rotatable bonds is 5. The monoisotopic (exact) mass is 365 g/mol. The Morgan fingerprint density at radius 2 is 1.67 bits per heavy atom. The summed E-state index contributed by atoms with van der Waals surface area (Å²) < 4.78 is 10.2. The Hall–Kier alpha value is -3.61. The van der Waals surface area contributed by atoms with Crippen LogP contribution in [0.1, 0.15) is 32.2 Å². The second kappa shape index (κ2) is 7.74. The van der Waals surface area contributed by atoms with Crippen LogP contribution in [-0.2, 0) is 0 Å². The van der Waals surface area contributed by atoms with E-state index in [-0.39, 0.29) is 11.8 Å². The highest BCUT2D eigenvalue weighted by molar-refractivity contribution is 6.07. The first-order chi connectivity index (χ1) is 13.0. The van der Waals surface area contributed by atoms with E-state index in [0.717, 1.165) is 0 Å². The summed E-state index contributed by atoms with van der Waals surface area (Å²) in [5.41, 5.74) is 2.54. The fourth-order valence-corrected chi connectivity index (χ4v) is 2.65. The second-order valence-electron chi connectivity index (χ2n) is 5.89. The van der Waals surface area contributed by atoms with Crippen LogP contribution < -0.4 is 15.4 Å². The molecule has 0 saturated carbocycles. The molecule has 1 heterocycles. The third-order valence-corrected chi connectivity index (χ3v) is 4.02. The minimum absolute atomic E-state index is 0.275. The van der Waals surface area contributed by atoms with Crippen LogP contribution in [0, 0.1) is 13.8 Å². The lowest BCUT2D eigenvalue weighted by atomic mass is 10.1. The van der Waals surface area contributed by atoms with Gasteiger partial charge in [-0.05, 0) is 50.2 Å². The van der Waals surface area contributed by atoms with E-state index in [1.807, 2.05) is 12.1 Å². The van der Waals surface area contributed by atoms with Gasteiger partial charge in [0.15, 0.2) is 0 Å². The quantitative estimate of drug-likeness (QED) is 0.717. The van der Waals surface area contributed by atoms with Gasteiger partial charge in [0.2, 0.25) is 0 Å². The Kier molecular flexibility index (Phi) is 5.21. The van der Waals surface area contributed by atoms with E-state index in [4.69, 9.17) is 9.26 Å². The third kappa shape index (κ3) is 3.98. The Labute approximate surface area is 156 Å². The Bertz CT molecular complexity index is 958. The molecule has 0 aliphatic heterocycles. The first kappa shape index (κ1) is 18.2. The average molecular weight is 365 g/mol. The van der Waals surface area contributed by atoms with Crippen molar-refractivity contribution in [2.45, 2.75) is 13.8 Å². The van der Waals surface area contributed by atoms with Gasteiger partial charge in [0.1, 0.15) is 17.1 Å². The summed E-state index contributed by atoms with van der Waals surface area (Å²) in [6.07, 6.45) is 0. The van der Waals surface area contributed by atoms with Crippen molar-refractivity contribution in [2.24, 2.45) is 0 Å². The first-order valence-corrected chi connectivity index (χ1v) is 8.28. The summed E-state index contributed by atoms with van der Waals surface area (Å²) in [6.45, 7) is 3.39. The molecular formula is C20H19N3O4. The van der Waals surface area contributed by atoms with Crippen molar-refractivity contribution in [2.75, 3.05) is 17.7 Å². The number of para-hydroxylation sites is 2. The molecule has 0 spiro atoms. The van der Waals surface area contributed by atoms with Crippen molar-refractivity contribution < 1.29 is 18.8 Å². The largest absolute Gasteiger partial charge is 0.495 e. The molecular weight excluding hydrogens is 346 g/mol. The van der Waals surface area contributed by atoms with Crippen molar-refractivity contribution >= 4 is 23.2 Å². The summed E-state index contributed by atoms with van der Waals surface area (Å²) in [4.78, 5) is 24.8. The lowest BCUT2D eigenvalue weighted by Gasteiger charge is -2.10. The van der Waals surface area contributed by atoms with E-state index >= 15 is 0 Å². The first-order valence-electron chi connectivity index (χ1n) is 8.28. The number of aryl methyl sites for hydroxylation is 2. The predicted octanol–water partition coefficient (Wildman–Crippen LogP) is 3.80. The van der Waals surface area contributed by atoms with Crippen LogP contribution in [0.25, 0.3) is 0 Å². The molecule has 1 aromatic heterocycles. The lowest BCUT2D eigenvalue weighted by Crippen LogP contribution is -2.15. The van der Waals surface area contributed by atoms with Crippen LogP contribution in [0.2, 0.25) is 0 Å². The fraction of sp³-hybridized carbons (Fsp3) is 0.150. The summed E-state index contributed by atoms with van der Waals surface area (Å²) in [6, 6.07) is 13.7. The molecule has 138 valence electrons. The summed E-state index contributed by atoms with van der Waals surface area (Å²) >= 11 is 0. The van der Waals surface area contributed by atoms with Gasteiger partial charge in [-0.1, -0.05) is 17.3 Å². The zero-order valence-corrected chi connectivity index (χ0v) is 15.2. The van der Waals surface area contributed by atoms with Crippen LogP contribution >= 0.6 is 0 Å². The standard InChI is InChI=1S/C20H19N3O4/c1-12-18(13(2)27-23-12)20(25)21-15-10-8-14(9-11-15)19(24)22-16-6-4-5-7-17(16)26-3/h4-11H,1-3H3,(H,21,25)(H,22,24). The summed E-state index contributed by atoms with van der Waals surface area (Å²) in [5.74, 6) is 0.451. The van der Waals surface area contributed by atoms with Gasteiger partial charge >= 0.3 is 0 Å². The zero-order chi connectivity index (χ0) is 19.4. The van der Waals surface area contributed by atoms with Gasteiger partial charge in [-0.25, -0.2) is 0 Å². The fourth-order valence-electron chi connectivity index (χ4n) is 2.65. The molecule has 0 aliphatic carbocycles. The van der Waals surface area contributed by atoms with Gasteiger partial charge < -0.3 is 19.9 Å². The van der Waals surface area contributed by atoms with E-state index in [1.165, 1.54) is 0 Å². The number of methoxy groups -OCH3 is 1.